The van der Waals surface area contributed by atoms with Crippen molar-refractivity contribution in [2.45, 2.75) is 128 Å². The first kappa shape index (κ1) is 81.8. The number of ketones is 3. The second kappa shape index (κ2) is 40.4. The lowest BCUT2D eigenvalue weighted by atomic mass is 9.91. The van der Waals surface area contributed by atoms with Crippen LogP contribution in [0.5, 0.6) is 17.2 Å². The molecule has 7 aromatic carbocycles. The predicted octanol–water partition coefficient (Wildman–Crippen LogP) is 13.7. The molecule has 0 saturated carbocycles. The molecule has 3 unspecified atom stereocenters. The summed E-state index contributed by atoms with van der Waals surface area (Å²) in [5.41, 5.74) is 10.8. The minimum absolute atomic E-state index is 0.0124. The number of hydrogen-bond acceptors (Lipinski definition) is 15. The van der Waals surface area contributed by atoms with Gasteiger partial charge < -0.3 is 40.6 Å². The number of amides is 3. The van der Waals surface area contributed by atoms with Crippen LogP contribution in [0.3, 0.4) is 0 Å². The third-order valence-corrected chi connectivity index (χ3v) is 18.7. The van der Waals surface area contributed by atoms with Crippen LogP contribution in [-0.2, 0) is 64.0 Å². The van der Waals surface area contributed by atoms with E-state index in [-0.39, 0.29) is 102 Å². The van der Waals surface area contributed by atoms with Gasteiger partial charge in [0.15, 0.2) is 17.3 Å². The maximum Gasteiger partial charge on any atom is 0.261 e. The third kappa shape index (κ3) is 28.0. The summed E-state index contributed by atoms with van der Waals surface area (Å²) in [5, 5.41) is 8.84. The van der Waals surface area contributed by atoms with E-state index < -0.39 is 36.8 Å². The maximum absolute atomic E-state index is 13.0. The highest BCUT2D eigenvalue weighted by Crippen LogP contribution is 2.32. The summed E-state index contributed by atoms with van der Waals surface area (Å²) >= 11 is 18.7. The van der Waals surface area contributed by atoms with Gasteiger partial charge in [-0.2, -0.15) is 0 Å². The van der Waals surface area contributed by atoms with Gasteiger partial charge >= 0.3 is 0 Å². The summed E-state index contributed by atoms with van der Waals surface area (Å²) in [7, 11) is 2.38. The molecule has 1 heterocycles. The van der Waals surface area contributed by atoms with Gasteiger partial charge in [0.1, 0.15) is 17.2 Å². The summed E-state index contributed by atoms with van der Waals surface area (Å²) in [6.45, 7) is 13.5. The Bertz CT molecular complexity index is 4040. The quantitative estimate of drug-likeness (QED) is 0.0166. The Kier molecular flexibility index (Phi) is 33.4. The van der Waals surface area contributed by atoms with Gasteiger partial charge in [-0.15, -0.1) is 0 Å². The van der Waals surface area contributed by atoms with E-state index in [1.807, 2.05) is 84.0 Å². The second-order valence-electron chi connectivity index (χ2n) is 24.0. The van der Waals surface area contributed by atoms with Crippen LogP contribution in [0, 0.1) is 17.8 Å². The van der Waals surface area contributed by atoms with Crippen molar-refractivity contribution >= 4 is 105 Å². The second-order valence-corrected chi connectivity index (χ2v) is 29.5. The average Bonchev–Trinajstić information content (AvgIpc) is 0.921. The highest BCUT2D eigenvalue weighted by molar-refractivity contribution is 8.13. The van der Waals surface area contributed by atoms with Crippen molar-refractivity contribution in [1.29, 1.82) is 0 Å². The molecule has 1 aliphatic heterocycles. The van der Waals surface area contributed by atoms with Crippen molar-refractivity contribution < 1.29 is 64.6 Å². The SMILES string of the molecule is C1CCOC1.CNC(=O)C(CC(=O)c1ccc(OC(C)C)c(Cl)c1)Cc1ccc(N)cc1.CNC(=O)C(CC(=O)c1ccc(OC(C)C)c(Cl)c1)Cc1ccc(S(=O)(=O)Cl)cc1.CNC(=O)C(CC(=O)c1ccc(OC(C)C)c(Cl)c1)Cc1ccc(S(=O)(=O)NCc2ccccc2)cc1. The molecule has 7 aromatic rings. The first-order chi connectivity index (χ1) is 46.9. The number of nitrogen functional groups attached to an aromatic ring is 1. The van der Waals surface area contributed by atoms with Crippen molar-refractivity contribution in [2.24, 2.45) is 17.8 Å². The van der Waals surface area contributed by atoms with E-state index in [0.717, 1.165) is 29.9 Å². The lowest BCUT2D eigenvalue weighted by Crippen LogP contribution is -2.30. The number of nitrogens with one attached hydrogen (secondary N) is 4. The Morgan fingerprint density at radius 3 is 1.06 bits per heavy atom. The Morgan fingerprint density at radius 2 is 0.778 bits per heavy atom. The Labute approximate surface area is 601 Å². The van der Waals surface area contributed by atoms with E-state index in [1.165, 1.54) is 57.3 Å². The Hall–Kier alpha value is -7.86. The van der Waals surface area contributed by atoms with Crippen LogP contribution < -0.4 is 40.6 Å². The highest BCUT2D eigenvalue weighted by atomic mass is 35.7. The molecule has 0 aromatic heterocycles. The summed E-state index contributed by atoms with van der Waals surface area (Å²) in [4.78, 5) is 75.7. The number of ether oxygens (including phenoxy) is 4. The molecule has 1 aliphatic rings. The number of carbonyl (C=O) groups is 6. The molecule has 19 nitrogen and oxygen atoms in total. The van der Waals surface area contributed by atoms with Crippen molar-refractivity contribution in [2.75, 3.05) is 40.1 Å². The monoisotopic (exact) mass is 1470 g/mol. The van der Waals surface area contributed by atoms with Crippen molar-refractivity contribution in [1.82, 2.24) is 20.7 Å². The molecule has 25 heteroatoms. The third-order valence-electron chi connectivity index (χ3n) is 15.0. The summed E-state index contributed by atoms with van der Waals surface area (Å²) in [6.07, 6.45) is 3.44. The summed E-state index contributed by atoms with van der Waals surface area (Å²) in [5.74, 6) is -1.58. The van der Waals surface area contributed by atoms with Gasteiger partial charge in [-0.1, -0.05) is 102 Å². The van der Waals surface area contributed by atoms with E-state index in [4.69, 9.17) is 70.2 Å². The van der Waals surface area contributed by atoms with Gasteiger partial charge in [0.05, 0.1) is 43.2 Å². The zero-order valence-electron chi connectivity index (χ0n) is 56.9. The van der Waals surface area contributed by atoms with E-state index in [1.54, 1.807) is 92.0 Å². The van der Waals surface area contributed by atoms with Crippen LogP contribution in [-0.4, -0.2) is 105 Å². The molecule has 1 saturated heterocycles. The fraction of sp³-hybridized carbons (Fsp3) is 0.351. The van der Waals surface area contributed by atoms with Crippen LogP contribution in [0.2, 0.25) is 15.1 Å². The minimum Gasteiger partial charge on any atom is -0.489 e. The molecule has 99 heavy (non-hydrogen) atoms. The average molecular weight is 1480 g/mol. The van der Waals surface area contributed by atoms with Crippen LogP contribution in [0.4, 0.5) is 5.69 Å². The standard InChI is InChI=1S/C28H31ClN2O5S.C21H23Cl2NO5S.C21H25ClN2O3.C4H8O/c1-19(2)36-27-14-11-22(16-25(27)29)26(32)17-23(28(33)30-3)15-20-9-12-24(13-10-20)37(34,35)31-18-21-7-5-4-6-8-21;1-13(2)29-20-9-6-15(11-18(20)22)19(25)12-16(21(26)24-3)10-14-4-7-17(8-5-14)30(23,27)28;1-13(2)27-20-9-6-15(11-18(20)22)19(25)12-16(21(26)24-3)10-14-4-7-17(23)8-5-14;1-2-4-5-3-1/h4-14,16,19,23,31H,15,17-18H2,1-3H3,(H,30,33);4-9,11,13,16H,10,12H2,1-3H3,(H,24,26);4-9,11,13,16H,10,12,23H2,1-3H3,(H,24,26);1-4H2. The number of benzene rings is 7. The van der Waals surface area contributed by atoms with Crippen molar-refractivity contribution in [3.8, 4) is 17.2 Å². The van der Waals surface area contributed by atoms with Crippen LogP contribution in [0.1, 0.15) is 127 Å². The number of nitrogens with two attached hydrogens (primary N) is 1. The maximum atomic E-state index is 13.0. The van der Waals surface area contributed by atoms with E-state index in [2.05, 4.69) is 20.7 Å². The molecule has 1 fully saturated rings. The molecule has 0 spiro atoms. The Morgan fingerprint density at radius 1 is 0.455 bits per heavy atom. The summed E-state index contributed by atoms with van der Waals surface area (Å²) in [6, 6.07) is 43.3. The minimum atomic E-state index is -3.82. The van der Waals surface area contributed by atoms with Crippen molar-refractivity contribution in [3.05, 3.63) is 212 Å². The van der Waals surface area contributed by atoms with Gasteiger partial charge in [0, 0.05) is 111 Å². The molecule has 6 N–H and O–H groups in total. The van der Waals surface area contributed by atoms with Gasteiger partial charge in [-0.25, -0.2) is 21.6 Å². The Balaban J connectivity index is 0.000000261. The number of carbonyl (C=O) groups excluding carboxylic acids is 6. The van der Waals surface area contributed by atoms with E-state index >= 15 is 0 Å². The molecule has 532 valence electrons. The zero-order valence-corrected chi connectivity index (χ0v) is 61.5. The lowest BCUT2D eigenvalue weighted by molar-refractivity contribution is -0.125. The fourth-order valence-electron chi connectivity index (χ4n) is 9.95. The van der Waals surface area contributed by atoms with Gasteiger partial charge in [-0.05, 0) is 187 Å². The first-order valence-electron chi connectivity index (χ1n) is 32.1. The van der Waals surface area contributed by atoms with E-state index in [0.29, 0.717) is 66.7 Å². The van der Waals surface area contributed by atoms with Gasteiger partial charge in [0.25, 0.3) is 9.05 Å². The smallest absolute Gasteiger partial charge is 0.261 e. The number of sulfonamides is 1. The summed E-state index contributed by atoms with van der Waals surface area (Å²) < 4.78 is 72.4. The highest BCUT2D eigenvalue weighted by Gasteiger charge is 2.27. The number of anilines is 1. The number of rotatable bonds is 29. The molecule has 8 rings (SSSR count). The fourth-order valence-corrected chi connectivity index (χ4v) is 12.4. The van der Waals surface area contributed by atoms with Crippen LogP contribution in [0.15, 0.2) is 168 Å². The largest absolute Gasteiger partial charge is 0.489 e. The molecular formula is C74H87Cl4N5O14S2. The molecule has 0 aliphatic carbocycles. The number of Topliss-reactive ketones (excluding diaryl/α,β-unsaturated/α-hetero) is 3. The van der Waals surface area contributed by atoms with Crippen LogP contribution >= 0.6 is 45.5 Å². The number of halogens is 4. The van der Waals surface area contributed by atoms with Gasteiger partial charge in [-0.3, -0.25) is 28.8 Å². The molecule has 3 amide bonds. The number of hydrogen-bond donors (Lipinski definition) is 5. The molecule has 0 bridgehead atoms. The van der Waals surface area contributed by atoms with Crippen LogP contribution in [0.25, 0.3) is 0 Å². The first-order valence-corrected chi connectivity index (χ1v) is 37.0. The van der Waals surface area contributed by atoms with E-state index in [9.17, 15) is 45.6 Å². The predicted molar refractivity (Wildman–Crippen MR) is 390 cm³/mol. The molecular weight excluding hydrogens is 1390 g/mol. The van der Waals surface area contributed by atoms with Gasteiger partial charge in [0.2, 0.25) is 27.7 Å². The van der Waals surface area contributed by atoms with Crippen molar-refractivity contribution in [3.63, 3.8) is 0 Å². The lowest BCUT2D eigenvalue weighted by Gasteiger charge is -2.16. The topological polar surface area (TPSA) is 282 Å². The molecule has 0 radical (unpaired) electrons. The normalized spacial score (nSPS) is 12.8. The zero-order chi connectivity index (χ0) is 73.0. The molecule has 3 atom stereocenters.